The number of halogens is 1. The highest BCUT2D eigenvalue weighted by Gasteiger charge is 2.24. The molecular formula is C12H12BrNO4. The lowest BCUT2D eigenvalue weighted by atomic mass is 10.1. The van der Waals surface area contributed by atoms with Crippen LogP contribution in [0.2, 0.25) is 0 Å². The van der Waals surface area contributed by atoms with Crippen molar-refractivity contribution in [3.8, 4) is 0 Å². The van der Waals surface area contributed by atoms with E-state index < -0.39 is 5.76 Å². The fourth-order valence-electron chi connectivity index (χ4n) is 2.02. The monoisotopic (exact) mass is 313 g/mol. The smallest absolute Gasteiger partial charge is 0.408 e. The number of H-pyrrole nitrogens is 1. The Labute approximate surface area is 111 Å². The predicted molar refractivity (Wildman–Crippen MR) is 69.1 cm³/mol. The van der Waals surface area contributed by atoms with Crippen molar-refractivity contribution in [2.45, 2.75) is 10.9 Å². The maximum Gasteiger partial charge on any atom is 0.417 e. The molecule has 0 amide bonds. The van der Waals surface area contributed by atoms with Crippen LogP contribution in [0.15, 0.2) is 27.4 Å². The number of aromatic amines is 1. The minimum atomic E-state index is -0.439. The van der Waals surface area contributed by atoms with Gasteiger partial charge in [-0.3, -0.25) is 4.98 Å². The number of aromatic nitrogens is 1. The zero-order valence-electron chi connectivity index (χ0n) is 9.52. The molecule has 2 atom stereocenters. The summed E-state index contributed by atoms with van der Waals surface area (Å²) in [6.07, 6.45) is -0.0261. The van der Waals surface area contributed by atoms with E-state index in [-0.39, 0.29) is 10.9 Å². The molecule has 0 spiro atoms. The van der Waals surface area contributed by atoms with Gasteiger partial charge in [0.25, 0.3) is 0 Å². The molecule has 18 heavy (non-hydrogen) atoms. The highest BCUT2D eigenvalue weighted by atomic mass is 79.9. The molecule has 1 aromatic carbocycles. The van der Waals surface area contributed by atoms with Crippen molar-refractivity contribution >= 4 is 27.0 Å². The van der Waals surface area contributed by atoms with E-state index in [9.17, 15) is 4.79 Å². The van der Waals surface area contributed by atoms with Gasteiger partial charge in [0.15, 0.2) is 5.58 Å². The third kappa shape index (κ3) is 2.23. The molecule has 1 aromatic heterocycles. The molecule has 96 valence electrons. The second-order valence-corrected chi connectivity index (χ2v) is 5.14. The van der Waals surface area contributed by atoms with Crippen LogP contribution in [-0.4, -0.2) is 30.9 Å². The first-order valence-corrected chi connectivity index (χ1v) is 6.62. The maximum absolute atomic E-state index is 11.1. The summed E-state index contributed by atoms with van der Waals surface area (Å²) in [4.78, 5) is 13.7. The van der Waals surface area contributed by atoms with Gasteiger partial charge in [-0.1, -0.05) is 22.0 Å². The number of hydrogen-bond donors (Lipinski definition) is 1. The molecule has 2 aromatic rings. The average Bonchev–Trinajstić information content (AvgIpc) is 2.78. The van der Waals surface area contributed by atoms with Crippen LogP contribution >= 0.6 is 15.9 Å². The number of oxazole rings is 1. The van der Waals surface area contributed by atoms with Crippen molar-refractivity contribution < 1.29 is 13.9 Å². The Bertz CT molecular complexity index is 599. The van der Waals surface area contributed by atoms with Gasteiger partial charge in [0.1, 0.15) is 0 Å². The normalized spacial score (nSPS) is 22.2. The number of fused-ring (bicyclic) bond motifs is 1. The van der Waals surface area contributed by atoms with Gasteiger partial charge in [-0.15, -0.1) is 0 Å². The first-order valence-electron chi connectivity index (χ1n) is 5.70. The van der Waals surface area contributed by atoms with E-state index >= 15 is 0 Å². The van der Waals surface area contributed by atoms with Crippen molar-refractivity contribution in [2.24, 2.45) is 0 Å². The Balaban J connectivity index is 1.90. The molecule has 0 aliphatic carbocycles. The molecule has 1 N–H and O–H groups in total. The average molecular weight is 314 g/mol. The number of nitrogens with one attached hydrogen (secondary N) is 1. The Morgan fingerprint density at radius 1 is 1.39 bits per heavy atom. The van der Waals surface area contributed by atoms with Gasteiger partial charge in [-0.2, -0.15) is 0 Å². The molecule has 1 aliphatic heterocycles. The lowest BCUT2D eigenvalue weighted by Gasteiger charge is -2.27. The molecule has 0 bridgehead atoms. The molecule has 2 unspecified atom stereocenters. The highest BCUT2D eigenvalue weighted by Crippen LogP contribution is 2.31. The van der Waals surface area contributed by atoms with E-state index in [1.165, 1.54) is 0 Å². The van der Waals surface area contributed by atoms with E-state index in [1.54, 1.807) is 0 Å². The van der Waals surface area contributed by atoms with Crippen LogP contribution in [0.5, 0.6) is 0 Å². The largest absolute Gasteiger partial charge is 0.417 e. The molecule has 1 saturated heterocycles. The molecule has 5 nitrogen and oxygen atoms in total. The van der Waals surface area contributed by atoms with Crippen LogP contribution in [0, 0.1) is 0 Å². The van der Waals surface area contributed by atoms with E-state index in [1.807, 2.05) is 18.2 Å². The fourth-order valence-corrected chi connectivity index (χ4v) is 2.61. The molecule has 6 heteroatoms. The van der Waals surface area contributed by atoms with E-state index in [4.69, 9.17) is 13.9 Å². The van der Waals surface area contributed by atoms with Gasteiger partial charge in [-0.25, -0.2) is 4.79 Å². The number of ether oxygens (including phenoxy) is 2. The van der Waals surface area contributed by atoms with Gasteiger partial charge in [0.05, 0.1) is 36.3 Å². The van der Waals surface area contributed by atoms with Gasteiger partial charge in [0.2, 0.25) is 0 Å². The van der Waals surface area contributed by atoms with Crippen LogP contribution in [-0.2, 0) is 9.47 Å². The van der Waals surface area contributed by atoms with E-state index in [0.29, 0.717) is 30.9 Å². The van der Waals surface area contributed by atoms with Crippen LogP contribution in [0.1, 0.15) is 10.4 Å². The summed E-state index contributed by atoms with van der Waals surface area (Å²) < 4.78 is 16.1. The van der Waals surface area contributed by atoms with Crippen molar-refractivity contribution in [3.05, 3.63) is 34.3 Å². The second-order valence-electron chi connectivity index (χ2n) is 4.16. The standard InChI is InChI=1S/C12H12BrNO4/c13-11(10-6-16-3-4-17-10)7-1-2-8-9(5-7)18-12(15)14-8/h1-2,5,10-11H,3-4,6H2,(H,14,15). The van der Waals surface area contributed by atoms with Crippen LogP contribution in [0.3, 0.4) is 0 Å². The summed E-state index contributed by atoms with van der Waals surface area (Å²) in [5.41, 5.74) is 2.25. The van der Waals surface area contributed by atoms with Gasteiger partial charge in [0, 0.05) is 0 Å². The van der Waals surface area contributed by atoms with Crippen LogP contribution in [0.4, 0.5) is 0 Å². The number of alkyl halides is 1. The lowest BCUT2D eigenvalue weighted by molar-refractivity contribution is -0.0876. The van der Waals surface area contributed by atoms with E-state index in [2.05, 4.69) is 20.9 Å². The zero-order valence-corrected chi connectivity index (χ0v) is 11.1. The Hall–Kier alpha value is -1.11. The van der Waals surface area contributed by atoms with Crippen LogP contribution < -0.4 is 5.76 Å². The lowest BCUT2D eigenvalue weighted by Crippen LogP contribution is -2.31. The molecule has 0 saturated carbocycles. The number of benzene rings is 1. The summed E-state index contributed by atoms with van der Waals surface area (Å²) >= 11 is 3.61. The summed E-state index contributed by atoms with van der Waals surface area (Å²) in [5.74, 6) is -0.439. The summed E-state index contributed by atoms with van der Waals surface area (Å²) in [7, 11) is 0. The second kappa shape index (κ2) is 4.87. The van der Waals surface area contributed by atoms with Gasteiger partial charge in [-0.05, 0) is 17.7 Å². The summed E-state index contributed by atoms with van der Waals surface area (Å²) in [5, 5.41) is 0. The SMILES string of the molecule is O=c1[nH]c2ccc(C(Br)C3COCCO3)cc2o1. The van der Waals surface area contributed by atoms with Gasteiger partial charge < -0.3 is 13.9 Å². The van der Waals surface area contributed by atoms with Crippen molar-refractivity contribution in [3.63, 3.8) is 0 Å². The quantitative estimate of drug-likeness (QED) is 0.861. The Morgan fingerprint density at radius 3 is 3.06 bits per heavy atom. The van der Waals surface area contributed by atoms with Crippen molar-refractivity contribution in [2.75, 3.05) is 19.8 Å². The van der Waals surface area contributed by atoms with Gasteiger partial charge >= 0.3 is 5.76 Å². The molecule has 1 aliphatic rings. The fraction of sp³-hybridized carbons (Fsp3) is 0.417. The first kappa shape index (κ1) is 12.0. The Morgan fingerprint density at radius 2 is 2.28 bits per heavy atom. The minimum absolute atomic E-state index is 0.0161. The van der Waals surface area contributed by atoms with Crippen molar-refractivity contribution in [1.82, 2.24) is 4.98 Å². The molecule has 1 fully saturated rings. The third-order valence-electron chi connectivity index (χ3n) is 2.93. The van der Waals surface area contributed by atoms with E-state index in [0.717, 1.165) is 5.56 Å². The molecule has 0 radical (unpaired) electrons. The highest BCUT2D eigenvalue weighted by molar-refractivity contribution is 9.09. The molecular weight excluding hydrogens is 302 g/mol. The topological polar surface area (TPSA) is 64.5 Å². The molecule has 2 heterocycles. The maximum atomic E-state index is 11.1. The van der Waals surface area contributed by atoms with Crippen molar-refractivity contribution in [1.29, 1.82) is 0 Å². The number of hydrogen-bond acceptors (Lipinski definition) is 4. The number of rotatable bonds is 2. The third-order valence-corrected chi connectivity index (χ3v) is 4.05. The summed E-state index contributed by atoms with van der Waals surface area (Å²) in [6, 6.07) is 5.60. The molecule has 3 rings (SSSR count). The summed E-state index contributed by atoms with van der Waals surface area (Å²) in [6.45, 7) is 1.81. The minimum Gasteiger partial charge on any atom is -0.408 e. The van der Waals surface area contributed by atoms with Crippen LogP contribution in [0.25, 0.3) is 11.1 Å². The Kier molecular flexibility index (Phi) is 3.23. The zero-order chi connectivity index (χ0) is 12.5. The predicted octanol–water partition coefficient (Wildman–Crippen LogP) is 1.97. The first-order chi connectivity index (χ1) is 8.74.